The van der Waals surface area contributed by atoms with Gasteiger partial charge in [-0.2, -0.15) is 0 Å². The Bertz CT molecular complexity index is 445. The van der Waals surface area contributed by atoms with E-state index in [1.165, 1.54) is 37.7 Å². The van der Waals surface area contributed by atoms with Gasteiger partial charge in [-0.25, -0.2) is 0 Å². The Morgan fingerprint density at radius 2 is 2.14 bits per heavy atom. The molecule has 0 radical (unpaired) electrons. The SMILES string of the molecule is COCCNCC(=Cc1cc(Br)c(Br)o1)C1CCCCC1. The van der Waals surface area contributed by atoms with E-state index in [0.29, 0.717) is 5.92 Å². The zero-order valence-electron chi connectivity index (χ0n) is 12.5. The van der Waals surface area contributed by atoms with Crippen molar-refractivity contribution in [3.05, 3.63) is 26.5 Å². The first-order valence-electron chi connectivity index (χ1n) is 7.55. The number of rotatable bonds is 7. The normalized spacial score (nSPS) is 17.4. The lowest BCUT2D eigenvalue weighted by Gasteiger charge is -2.24. The third-order valence-corrected chi connectivity index (χ3v) is 5.64. The second-order valence-electron chi connectivity index (χ2n) is 5.49. The van der Waals surface area contributed by atoms with Crippen molar-refractivity contribution < 1.29 is 9.15 Å². The van der Waals surface area contributed by atoms with Crippen molar-refractivity contribution in [2.45, 2.75) is 32.1 Å². The lowest BCUT2D eigenvalue weighted by atomic mass is 9.83. The second-order valence-corrected chi connectivity index (χ2v) is 7.07. The average molecular weight is 421 g/mol. The number of nitrogens with one attached hydrogen (secondary N) is 1. The summed E-state index contributed by atoms with van der Waals surface area (Å²) in [6.07, 6.45) is 8.84. The van der Waals surface area contributed by atoms with E-state index >= 15 is 0 Å². The van der Waals surface area contributed by atoms with Crippen molar-refractivity contribution in [1.82, 2.24) is 5.32 Å². The topological polar surface area (TPSA) is 34.4 Å². The smallest absolute Gasteiger partial charge is 0.184 e. The lowest BCUT2D eigenvalue weighted by Crippen LogP contribution is -2.25. The molecule has 5 heteroatoms. The summed E-state index contributed by atoms with van der Waals surface area (Å²) in [4.78, 5) is 0. The fraction of sp³-hybridized carbons (Fsp3) is 0.625. The molecule has 1 heterocycles. The quantitative estimate of drug-likeness (QED) is 0.630. The van der Waals surface area contributed by atoms with Crippen LogP contribution in [0.1, 0.15) is 37.9 Å². The van der Waals surface area contributed by atoms with Gasteiger partial charge in [0, 0.05) is 20.2 Å². The van der Waals surface area contributed by atoms with E-state index in [1.807, 2.05) is 6.07 Å². The van der Waals surface area contributed by atoms with Gasteiger partial charge in [0.05, 0.1) is 11.1 Å². The first kappa shape index (κ1) is 17.3. The van der Waals surface area contributed by atoms with E-state index < -0.39 is 0 Å². The third kappa shape index (κ3) is 5.55. The molecule has 3 nitrogen and oxygen atoms in total. The highest BCUT2D eigenvalue weighted by molar-refractivity contribution is 9.13. The molecule has 1 aliphatic carbocycles. The second kappa shape index (κ2) is 9.13. The van der Waals surface area contributed by atoms with Crippen LogP contribution in [0.2, 0.25) is 0 Å². The van der Waals surface area contributed by atoms with Crippen LogP contribution in [0.4, 0.5) is 0 Å². The zero-order chi connectivity index (χ0) is 15.1. The Morgan fingerprint density at radius 1 is 1.38 bits per heavy atom. The number of ether oxygens (including phenoxy) is 1. The van der Waals surface area contributed by atoms with Crippen LogP contribution in [0.15, 0.2) is 25.2 Å². The van der Waals surface area contributed by atoms with Crippen molar-refractivity contribution in [2.75, 3.05) is 26.8 Å². The van der Waals surface area contributed by atoms with Crippen LogP contribution in [0, 0.1) is 5.92 Å². The maximum Gasteiger partial charge on any atom is 0.184 e. The number of hydrogen-bond acceptors (Lipinski definition) is 3. The minimum atomic E-state index is 0.677. The molecule has 0 aromatic carbocycles. The zero-order valence-corrected chi connectivity index (χ0v) is 15.6. The summed E-state index contributed by atoms with van der Waals surface area (Å²) < 4.78 is 12.5. The van der Waals surface area contributed by atoms with E-state index in [-0.39, 0.29) is 0 Å². The van der Waals surface area contributed by atoms with Crippen molar-refractivity contribution in [3.63, 3.8) is 0 Å². The standard InChI is InChI=1S/C16H23Br2NO2/c1-20-8-7-19-11-13(12-5-3-2-4-6-12)9-14-10-15(17)16(18)21-14/h9-10,12,19H,2-8,11H2,1H3. The maximum absolute atomic E-state index is 5.70. The molecular weight excluding hydrogens is 398 g/mol. The molecule has 1 aliphatic rings. The van der Waals surface area contributed by atoms with Crippen LogP contribution >= 0.6 is 31.9 Å². The summed E-state index contributed by atoms with van der Waals surface area (Å²) in [5.41, 5.74) is 1.44. The van der Waals surface area contributed by atoms with Gasteiger partial charge in [-0.05, 0) is 68.3 Å². The molecule has 0 saturated heterocycles. The summed E-state index contributed by atoms with van der Waals surface area (Å²) in [5.74, 6) is 1.58. The van der Waals surface area contributed by atoms with Crippen molar-refractivity contribution in [3.8, 4) is 0 Å². The van der Waals surface area contributed by atoms with Gasteiger partial charge < -0.3 is 14.5 Å². The van der Waals surface area contributed by atoms with Crippen molar-refractivity contribution in [1.29, 1.82) is 0 Å². The van der Waals surface area contributed by atoms with Gasteiger partial charge in [0.15, 0.2) is 4.67 Å². The minimum absolute atomic E-state index is 0.677. The molecule has 1 fully saturated rings. The Kier molecular flexibility index (Phi) is 7.50. The molecule has 1 N–H and O–H groups in total. The van der Waals surface area contributed by atoms with E-state index in [1.54, 1.807) is 7.11 Å². The minimum Gasteiger partial charge on any atom is -0.449 e. The highest BCUT2D eigenvalue weighted by Crippen LogP contribution is 2.33. The van der Waals surface area contributed by atoms with E-state index in [9.17, 15) is 0 Å². The van der Waals surface area contributed by atoms with E-state index in [2.05, 4.69) is 43.3 Å². The molecule has 0 unspecified atom stereocenters. The Morgan fingerprint density at radius 3 is 2.76 bits per heavy atom. The molecule has 1 saturated carbocycles. The Hall–Kier alpha value is -0.100. The van der Waals surface area contributed by atoms with Crippen LogP contribution in [0.5, 0.6) is 0 Å². The van der Waals surface area contributed by atoms with Gasteiger partial charge in [-0.1, -0.05) is 19.3 Å². The van der Waals surface area contributed by atoms with E-state index in [4.69, 9.17) is 9.15 Å². The Balaban J connectivity index is 2.05. The summed E-state index contributed by atoms with van der Waals surface area (Å²) in [5, 5.41) is 3.47. The van der Waals surface area contributed by atoms with Gasteiger partial charge in [-0.15, -0.1) is 0 Å². The molecule has 0 spiro atoms. The fourth-order valence-corrected chi connectivity index (χ4v) is 3.42. The molecule has 118 valence electrons. The summed E-state index contributed by atoms with van der Waals surface area (Å²) >= 11 is 6.87. The highest BCUT2D eigenvalue weighted by atomic mass is 79.9. The summed E-state index contributed by atoms with van der Waals surface area (Å²) in [7, 11) is 1.73. The number of methoxy groups -OCH3 is 1. The number of furan rings is 1. The monoisotopic (exact) mass is 419 g/mol. The van der Waals surface area contributed by atoms with Gasteiger partial charge in [0.1, 0.15) is 5.76 Å². The molecule has 0 aliphatic heterocycles. The van der Waals surface area contributed by atoms with Crippen molar-refractivity contribution in [2.24, 2.45) is 5.92 Å². The average Bonchev–Trinajstić information content (AvgIpc) is 2.81. The van der Waals surface area contributed by atoms with Crippen LogP contribution in [0.3, 0.4) is 0 Å². The molecule has 0 bridgehead atoms. The molecule has 0 atom stereocenters. The van der Waals surface area contributed by atoms with Crippen LogP contribution in [-0.4, -0.2) is 26.8 Å². The molecule has 2 rings (SSSR count). The summed E-state index contributed by atoms with van der Waals surface area (Å²) in [6, 6.07) is 2.02. The van der Waals surface area contributed by atoms with Crippen molar-refractivity contribution >= 4 is 37.9 Å². The lowest BCUT2D eigenvalue weighted by molar-refractivity contribution is 0.200. The van der Waals surface area contributed by atoms with E-state index in [0.717, 1.165) is 34.6 Å². The maximum atomic E-state index is 5.70. The van der Waals surface area contributed by atoms with Crippen LogP contribution in [0.25, 0.3) is 6.08 Å². The van der Waals surface area contributed by atoms with Crippen LogP contribution in [-0.2, 0) is 4.74 Å². The molecule has 21 heavy (non-hydrogen) atoms. The molecule has 1 aromatic heterocycles. The molecule has 0 amide bonds. The first-order chi connectivity index (χ1) is 10.2. The van der Waals surface area contributed by atoms with Crippen LogP contribution < -0.4 is 5.32 Å². The largest absolute Gasteiger partial charge is 0.449 e. The summed E-state index contributed by atoms with van der Waals surface area (Å²) in [6.45, 7) is 2.53. The molecular formula is C16H23Br2NO2. The van der Waals surface area contributed by atoms with Gasteiger partial charge >= 0.3 is 0 Å². The number of halogens is 2. The molecule has 1 aromatic rings. The number of hydrogen-bond donors (Lipinski definition) is 1. The first-order valence-corrected chi connectivity index (χ1v) is 9.14. The van der Waals surface area contributed by atoms with Gasteiger partial charge in [-0.3, -0.25) is 0 Å². The van der Waals surface area contributed by atoms with Gasteiger partial charge in [0.25, 0.3) is 0 Å². The van der Waals surface area contributed by atoms with Gasteiger partial charge in [0.2, 0.25) is 0 Å². The predicted molar refractivity (Wildman–Crippen MR) is 93.4 cm³/mol. The predicted octanol–water partition coefficient (Wildman–Crippen LogP) is 5.00. The third-order valence-electron chi connectivity index (χ3n) is 3.93. The fourth-order valence-electron chi connectivity index (χ4n) is 2.81. The Labute approximate surface area is 143 Å². The highest BCUT2D eigenvalue weighted by Gasteiger charge is 2.18.